The van der Waals surface area contributed by atoms with Crippen LogP contribution in [0, 0.1) is 11.6 Å². The molecule has 6 nitrogen and oxygen atoms in total. The predicted molar refractivity (Wildman–Crippen MR) is 83.0 cm³/mol. The van der Waals surface area contributed by atoms with Gasteiger partial charge in [0.1, 0.15) is 5.82 Å². The van der Waals surface area contributed by atoms with E-state index in [2.05, 4.69) is 0 Å². The van der Waals surface area contributed by atoms with Crippen LogP contribution in [0.3, 0.4) is 0 Å². The Balaban J connectivity index is 1.49. The first kappa shape index (κ1) is 16.9. The van der Waals surface area contributed by atoms with Crippen molar-refractivity contribution in [3.63, 3.8) is 0 Å². The standard InChI is InChI=1S/C17H16F2N2O4/c18-12-3-4-14(13(19)10-12)25-11-16(22)20-5-7-21(8-6-20)17(23)15-2-1-9-24-15/h1-4,9-10H,5-8,11H2. The van der Waals surface area contributed by atoms with Crippen LogP contribution in [0.25, 0.3) is 0 Å². The van der Waals surface area contributed by atoms with Gasteiger partial charge in [0.05, 0.1) is 6.26 Å². The molecule has 0 spiro atoms. The highest BCUT2D eigenvalue weighted by atomic mass is 19.1. The molecule has 0 aliphatic carbocycles. The molecule has 0 unspecified atom stereocenters. The molecule has 1 aliphatic rings. The Morgan fingerprint density at radius 1 is 1.08 bits per heavy atom. The van der Waals surface area contributed by atoms with Crippen molar-refractivity contribution in [2.24, 2.45) is 0 Å². The van der Waals surface area contributed by atoms with Crippen molar-refractivity contribution in [1.82, 2.24) is 9.80 Å². The lowest BCUT2D eigenvalue weighted by Crippen LogP contribution is -2.51. The van der Waals surface area contributed by atoms with E-state index in [1.807, 2.05) is 0 Å². The molecule has 2 aromatic rings. The van der Waals surface area contributed by atoms with Crippen molar-refractivity contribution in [2.45, 2.75) is 0 Å². The Morgan fingerprint density at radius 3 is 2.44 bits per heavy atom. The van der Waals surface area contributed by atoms with E-state index in [0.29, 0.717) is 32.2 Å². The number of hydrogen-bond donors (Lipinski definition) is 0. The summed E-state index contributed by atoms with van der Waals surface area (Å²) in [4.78, 5) is 27.4. The number of furan rings is 1. The third-order valence-corrected chi connectivity index (χ3v) is 3.90. The Kier molecular flexibility index (Phi) is 4.97. The zero-order valence-corrected chi connectivity index (χ0v) is 13.3. The molecule has 1 aromatic carbocycles. The Morgan fingerprint density at radius 2 is 1.80 bits per heavy atom. The summed E-state index contributed by atoms with van der Waals surface area (Å²) in [7, 11) is 0. The number of halogens is 2. The first-order valence-electron chi connectivity index (χ1n) is 7.73. The minimum Gasteiger partial charge on any atom is -0.481 e. The smallest absolute Gasteiger partial charge is 0.289 e. The van der Waals surface area contributed by atoms with Crippen LogP contribution in [-0.4, -0.2) is 54.4 Å². The zero-order valence-electron chi connectivity index (χ0n) is 13.3. The topological polar surface area (TPSA) is 63.0 Å². The third-order valence-electron chi connectivity index (χ3n) is 3.90. The minimum absolute atomic E-state index is 0.179. The molecule has 0 atom stereocenters. The van der Waals surface area contributed by atoms with Gasteiger partial charge in [-0.15, -0.1) is 0 Å². The summed E-state index contributed by atoms with van der Waals surface area (Å²) in [6.45, 7) is 1.09. The molecular weight excluding hydrogens is 334 g/mol. The van der Waals surface area contributed by atoms with Gasteiger partial charge in [0.15, 0.2) is 23.9 Å². The summed E-state index contributed by atoms with van der Waals surface area (Å²) >= 11 is 0. The maximum absolute atomic E-state index is 13.5. The van der Waals surface area contributed by atoms with Gasteiger partial charge in [-0.2, -0.15) is 0 Å². The number of rotatable bonds is 4. The minimum atomic E-state index is -0.860. The first-order chi connectivity index (χ1) is 12.0. The van der Waals surface area contributed by atoms with E-state index >= 15 is 0 Å². The third kappa shape index (κ3) is 3.96. The van der Waals surface area contributed by atoms with Gasteiger partial charge in [0.2, 0.25) is 0 Å². The van der Waals surface area contributed by atoms with E-state index in [1.165, 1.54) is 11.2 Å². The molecular formula is C17H16F2N2O4. The predicted octanol–water partition coefficient (Wildman–Crippen LogP) is 1.92. The fraction of sp³-hybridized carbons (Fsp3) is 0.294. The Labute approximate surface area is 142 Å². The number of carbonyl (C=O) groups is 2. The van der Waals surface area contributed by atoms with Crippen LogP contribution >= 0.6 is 0 Å². The fourth-order valence-electron chi connectivity index (χ4n) is 2.54. The summed E-state index contributed by atoms with van der Waals surface area (Å²) < 4.78 is 36.5. The molecule has 2 amide bonds. The molecule has 25 heavy (non-hydrogen) atoms. The molecule has 132 valence electrons. The SMILES string of the molecule is O=C(COc1ccc(F)cc1F)N1CCN(C(=O)c2ccco2)CC1. The van der Waals surface area contributed by atoms with Crippen molar-refractivity contribution in [3.8, 4) is 5.75 Å². The lowest BCUT2D eigenvalue weighted by atomic mass is 10.3. The lowest BCUT2D eigenvalue weighted by molar-refractivity contribution is -0.134. The highest BCUT2D eigenvalue weighted by molar-refractivity contribution is 5.91. The number of hydrogen-bond acceptors (Lipinski definition) is 4. The van der Waals surface area contributed by atoms with Gasteiger partial charge < -0.3 is 19.0 Å². The average molecular weight is 350 g/mol. The quantitative estimate of drug-likeness (QED) is 0.845. The van der Waals surface area contributed by atoms with Crippen LogP contribution < -0.4 is 4.74 Å². The van der Waals surface area contributed by atoms with Crippen LogP contribution in [0.4, 0.5) is 8.78 Å². The number of piperazine rings is 1. The van der Waals surface area contributed by atoms with Crippen molar-refractivity contribution >= 4 is 11.8 Å². The van der Waals surface area contributed by atoms with Crippen LogP contribution in [-0.2, 0) is 4.79 Å². The van der Waals surface area contributed by atoms with Crippen molar-refractivity contribution in [3.05, 3.63) is 54.0 Å². The first-order valence-corrected chi connectivity index (χ1v) is 7.73. The second-order valence-electron chi connectivity index (χ2n) is 5.51. The molecule has 0 bridgehead atoms. The highest BCUT2D eigenvalue weighted by Crippen LogP contribution is 2.18. The van der Waals surface area contributed by atoms with E-state index in [9.17, 15) is 18.4 Å². The summed E-state index contributed by atoms with van der Waals surface area (Å²) in [6.07, 6.45) is 1.43. The molecule has 1 fully saturated rings. The van der Waals surface area contributed by atoms with Gasteiger partial charge in [0.25, 0.3) is 11.8 Å². The summed E-state index contributed by atoms with van der Waals surface area (Å²) in [5.41, 5.74) is 0. The number of carbonyl (C=O) groups excluding carboxylic acids is 2. The second kappa shape index (κ2) is 7.33. The van der Waals surface area contributed by atoms with E-state index in [-0.39, 0.29) is 29.9 Å². The number of ether oxygens (including phenoxy) is 1. The van der Waals surface area contributed by atoms with E-state index in [4.69, 9.17) is 9.15 Å². The summed E-state index contributed by atoms with van der Waals surface area (Å²) in [5, 5.41) is 0. The zero-order chi connectivity index (χ0) is 17.8. The Hall–Kier alpha value is -2.90. The summed E-state index contributed by atoms with van der Waals surface area (Å²) in [5.74, 6) is -2.04. The fourth-order valence-corrected chi connectivity index (χ4v) is 2.54. The average Bonchev–Trinajstić information content (AvgIpc) is 3.15. The summed E-state index contributed by atoms with van der Waals surface area (Å²) in [6, 6.07) is 6.11. The molecule has 0 radical (unpaired) electrons. The van der Waals surface area contributed by atoms with Crippen LogP contribution in [0.5, 0.6) is 5.75 Å². The van der Waals surface area contributed by atoms with E-state index in [0.717, 1.165) is 12.1 Å². The highest BCUT2D eigenvalue weighted by Gasteiger charge is 2.26. The molecule has 8 heteroatoms. The van der Waals surface area contributed by atoms with Gasteiger partial charge in [-0.25, -0.2) is 8.78 Å². The van der Waals surface area contributed by atoms with Gasteiger partial charge >= 0.3 is 0 Å². The maximum atomic E-state index is 13.5. The van der Waals surface area contributed by atoms with Gasteiger partial charge in [0, 0.05) is 32.2 Å². The largest absolute Gasteiger partial charge is 0.481 e. The van der Waals surface area contributed by atoms with Crippen LogP contribution in [0.2, 0.25) is 0 Å². The number of benzene rings is 1. The van der Waals surface area contributed by atoms with Crippen molar-refractivity contribution in [1.29, 1.82) is 0 Å². The molecule has 3 rings (SSSR count). The number of amides is 2. The normalized spacial score (nSPS) is 14.5. The number of nitrogens with zero attached hydrogens (tertiary/aromatic N) is 2. The maximum Gasteiger partial charge on any atom is 0.289 e. The van der Waals surface area contributed by atoms with Gasteiger partial charge in [-0.3, -0.25) is 9.59 Å². The van der Waals surface area contributed by atoms with Crippen molar-refractivity contribution < 1.29 is 27.5 Å². The molecule has 1 saturated heterocycles. The van der Waals surface area contributed by atoms with E-state index < -0.39 is 11.6 Å². The van der Waals surface area contributed by atoms with Gasteiger partial charge in [-0.1, -0.05) is 0 Å². The molecule has 0 saturated carbocycles. The lowest BCUT2D eigenvalue weighted by Gasteiger charge is -2.34. The molecule has 0 N–H and O–H groups in total. The second-order valence-corrected chi connectivity index (χ2v) is 5.51. The Bertz CT molecular complexity index is 756. The monoisotopic (exact) mass is 350 g/mol. The molecule has 2 heterocycles. The molecule has 1 aliphatic heterocycles. The van der Waals surface area contributed by atoms with Crippen molar-refractivity contribution in [2.75, 3.05) is 32.8 Å². The molecule has 1 aromatic heterocycles. The van der Waals surface area contributed by atoms with E-state index in [1.54, 1.807) is 17.0 Å². The van der Waals surface area contributed by atoms with Gasteiger partial charge in [-0.05, 0) is 24.3 Å². The van der Waals surface area contributed by atoms with Crippen LogP contribution in [0.1, 0.15) is 10.6 Å². The van der Waals surface area contributed by atoms with Crippen LogP contribution in [0.15, 0.2) is 41.0 Å².